The van der Waals surface area contributed by atoms with E-state index < -0.39 is 41.7 Å². The average molecular weight is 486 g/mol. The Morgan fingerprint density at radius 2 is 1.68 bits per heavy atom. The van der Waals surface area contributed by atoms with E-state index in [-0.39, 0.29) is 6.61 Å². The van der Waals surface area contributed by atoms with Crippen LogP contribution in [0.2, 0.25) is 0 Å². The minimum atomic E-state index is -1.04. The molecule has 1 aliphatic heterocycles. The van der Waals surface area contributed by atoms with Gasteiger partial charge in [0.05, 0.1) is 19.3 Å². The third kappa shape index (κ3) is 7.23. The van der Waals surface area contributed by atoms with Gasteiger partial charge in [0.15, 0.2) is 12.2 Å². The number of hydrogen-bond acceptors (Lipinski definition) is 8. The number of carbonyl (C=O) groups excluding carboxylic acids is 2. The second kappa shape index (κ2) is 12.4. The Balaban J connectivity index is 1.87. The van der Waals surface area contributed by atoms with Crippen molar-refractivity contribution in [1.82, 2.24) is 0 Å². The summed E-state index contributed by atoms with van der Waals surface area (Å²) in [5.74, 6) is -1.16. The van der Waals surface area contributed by atoms with Crippen molar-refractivity contribution in [2.45, 2.75) is 62.1 Å². The van der Waals surface area contributed by atoms with Crippen LogP contribution in [0.25, 0.3) is 10.4 Å². The van der Waals surface area contributed by atoms with E-state index in [4.69, 9.17) is 18.9 Å². The molecule has 3 rings (SSSR count). The second-order valence-corrected chi connectivity index (χ2v) is 8.99. The smallest absolute Gasteiger partial charge is 0.303 e. The van der Waals surface area contributed by atoms with Crippen LogP contribution in [0, 0.1) is 6.92 Å². The van der Waals surface area contributed by atoms with E-state index >= 15 is 0 Å². The van der Waals surface area contributed by atoms with Gasteiger partial charge in [0.2, 0.25) is 0 Å². The van der Waals surface area contributed by atoms with Crippen LogP contribution in [0.3, 0.4) is 0 Å². The Labute approximate surface area is 202 Å². The number of esters is 2. The molecule has 9 nitrogen and oxygen atoms in total. The molecule has 0 spiro atoms. The normalized spacial score (nSPS) is 24.0. The molecule has 1 heterocycles. The lowest BCUT2D eigenvalue weighted by atomic mass is 9.97. The summed E-state index contributed by atoms with van der Waals surface area (Å²) in [7, 11) is 0. The van der Waals surface area contributed by atoms with Gasteiger partial charge < -0.3 is 18.9 Å². The van der Waals surface area contributed by atoms with Gasteiger partial charge in [-0.25, -0.2) is 0 Å². The van der Waals surface area contributed by atoms with Crippen LogP contribution < -0.4 is 0 Å². The zero-order chi connectivity index (χ0) is 24.5. The summed E-state index contributed by atoms with van der Waals surface area (Å²) in [6.45, 7) is 4.89. The van der Waals surface area contributed by atoms with Crippen LogP contribution in [0.15, 0.2) is 64.6 Å². The lowest BCUT2D eigenvalue weighted by Gasteiger charge is -2.43. The summed E-state index contributed by atoms with van der Waals surface area (Å²) in [5.41, 5.74) is 10.5. The second-order valence-electron chi connectivity index (χ2n) is 7.82. The largest absolute Gasteiger partial charge is 0.458 e. The van der Waals surface area contributed by atoms with E-state index in [1.807, 2.05) is 61.5 Å². The van der Waals surface area contributed by atoms with Crippen molar-refractivity contribution >= 4 is 23.7 Å². The first-order valence-corrected chi connectivity index (χ1v) is 11.6. The Bertz CT molecular complexity index is 1010. The average Bonchev–Trinajstić information content (AvgIpc) is 2.80. The number of nitrogens with zero attached hydrogens (tertiary/aromatic N) is 3. The zero-order valence-electron chi connectivity index (χ0n) is 19.2. The Morgan fingerprint density at radius 1 is 1.03 bits per heavy atom. The maximum atomic E-state index is 11.9. The van der Waals surface area contributed by atoms with Crippen LogP contribution in [-0.4, -0.2) is 48.3 Å². The fourth-order valence-corrected chi connectivity index (χ4v) is 4.69. The van der Waals surface area contributed by atoms with Crippen molar-refractivity contribution < 1.29 is 28.5 Å². The predicted molar refractivity (Wildman–Crippen MR) is 126 cm³/mol. The third-order valence-electron chi connectivity index (χ3n) is 5.07. The summed E-state index contributed by atoms with van der Waals surface area (Å²) in [6, 6.07) is 16.4. The van der Waals surface area contributed by atoms with Gasteiger partial charge in [-0.2, -0.15) is 0 Å². The number of hydrogen-bond donors (Lipinski definition) is 0. The Hall–Kier alpha value is -3.04. The number of thioether (sulfide) groups is 1. The predicted octanol–water partition coefficient (Wildman–Crippen LogP) is 4.57. The van der Waals surface area contributed by atoms with Crippen molar-refractivity contribution in [3.05, 3.63) is 76.2 Å². The molecule has 0 N–H and O–H groups in total. The van der Waals surface area contributed by atoms with Crippen LogP contribution in [0.4, 0.5) is 0 Å². The molecule has 2 aromatic rings. The molecule has 0 aliphatic carbocycles. The maximum Gasteiger partial charge on any atom is 0.303 e. The van der Waals surface area contributed by atoms with E-state index in [1.165, 1.54) is 25.6 Å². The molecule has 0 radical (unpaired) electrons. The molecular weight excluding hydrogens is 458 g/mol. The summed E-state index contributed by atoms with van der Waals surface area (Å²) >= 11 is 1.33. The zero-order valence-corrected chi connectivity index (χ0v) is 20.0. The highest BCUT2D eigenvalue weighted by atomic mass is 32.2. The third-order valence-corrected chi connectivity index (χ3v) is 6.23. The van der Waals surface area contributed by atoms with Gasteiger partial charge in [-0.15, -0.1) is 0 Å². The van der Waals surface area contributed by atoms with E-state index in [1.54, 1.807) is 0 Å². The molecule has 0 saturated carbocycles. The number of aryl methyl sites for hydroxylation is 1. The van der Waals surface area contributed by atoms with Gasteiger partial charge in [-0.1, -0.05) is 64.9 Å². The van der Waals surface area contributed by atoms with Crippen LogP contribution in [0.5, 0.6) is 0 Å². The number of rotatable bonds is 9. The molecule has 0 aromatic heterocycles. The topological polar surface area (TPSA) is 120 Å². The van der Waals surface area contributed by atoms with Gasteiger partial charge >= 0.3 is 11.9 Å². The Kier molecular flexibility index (Phi) is 9.35. The van der Waals surface area contributed by atoms with Gasteiger partial charge in [0.25, 0.3) is 0 Å². The van der Waals surface area contributed by atoms with E-state index in [0.717, 1.165) is 16.0 Å². The molecule has 0 unspecified atom stereocenters. The number of benzene rings is 2. The molecule has 0 amide bonds. The van der Waals surface area contributed by atoms with Crippen LogP contribution in [-0.2, 0) is 35.1 Å². The number of carbonyl (C=O) groups is 2. The molecule has 2 aromatic carbocycles. The van der Waals surface area contributed by atoms with E-state index in [9.17, 15) is 15.1 Å². The summed E-state index contributed by atoms with van der Waals surface area (Å²) in [5, 5.41) is 3.83. The quantitative estimate of drug-likeness (QED) is 0.221. The fraction of sp³-hybridized carbons (Fsp3) is 0.417. The van der Waals surface area contributed by atoms with Gasteiger partial charge in [0.1, 0.15) is 11.5 Å². The van der Waals surface area contributed by atoms with Gasteiger partial charge in [-0.05, 0) is 30.2 Å². The summed E-state index contributed by atoms with van der Waals surface area (Å²) in [4.78, 5) is 27.6. The molecule has 180 valence electrons. The molecule has 1 aliphatic rings. The van der Waals surface area contributed by atoms with Crippen molar-refractivity contribution in [3.63, 3.8) is 0 Å². The lowest BCUT2D eigenvalue weighted by molar-refractivity contribution is -0.202. The maximum absolute atomic E-state index is 11.9. The highest BCUT2D eigenvalue weighted by Gasteiger charge is 2.50. The van der Waals surface area contributed by atoms with Crippen LogP contribution in [0.1, 0.15) is 25.0 Å². The first-order chi connectivity index (χ1) is 16.4. The minimum Gasteiger partial charge on any atom is -0.458 e. The van der Waals surface area contributed by atoms with Crippen molar-refractivity contribution in [2.75, 3.05) is 6.61 Å². The standard InChI is InChI=1S/C24H27N3O6S/c1-15-9-11-19(12-10-15)34-24-23(32-17(3)29)22(31-16(2)28)21(26-27-25)20(33-24)14-30-13-18-7-5-4-6-8-18/h4-12,20-24H,13-14H2,1-3H3/t20-,21+,22+,23-,24+/m1/s1. The Morgan fingerprint density at radius 3 is 2.29 bits per heavy atom. The van der Waals surface area contributed by atoms with Crippen molar-refractivity contribution in [1.29, 1.82) is 0 Å². The van der Waals surface area contributed by atoms with Gasteiger partial charge in [-0.3, -0.25) is 9.59 Å². The number of ether oxygens (including phenoxy) is 4. The lowest BCUT2D eigenvalue weighted by Crippen LogP contribution is -2.59. The highest BCUT2D eigenvalue weighted by Crippen LogP contribution is 2.37. The molecule has 1 fully saturated rings. The summed E-state index contributed by atoms with van der Waals surface area (Å²) < 4.78 is 23.2. The van der Waals surface area contributed by atoms with Crippen LogP contribution >= 0.6 is 11.8 Å². The monoisotopic (exact) mass is 485 g/mol. The van der Waals surface area contributed by atoms with Crippen molar-refractivity contribution in [3.8, 4) is 0 Å². The van der Waals surface area contributed by atoms with E-state index in [0.29, 0.717) is 6.61 Å². The SMILES string of the molecule is CC(=O)O[C@@H]1[C@@H](OC(C)=O)[C@@H](N=[N+]=[N-])[C@@H](COCc2ccccc2)O[C@H]1Sc1ccc(C)cc1. The molecular formula is C24H27N3O6S. The van der Waals surface area contributed by atoms with E-state index in [2.05, 4.69) is 10.0 Å². The number of azide groups is 1. The van der Waals surface area contributed by atoms with Gasteiger partial charge in [0, 0.05) is 23.7 Å². The van der Waals surface area contributed by atoms with Crippen molar-refractivity contribution in [2.24, 2.45) is 5.11 Å². The highest BCUT2D eigenvalue weighted by molar-refractivity contribution is 7.99. The molecule has 10 heteroatoms. The molecule has 0 bridgehead atoms. The fourth-order valence-electron chi connectivity index (χ4n) is 3.58. The first kappa shape index (κ1) is 25.6. The minimum absolute atomic E-state index is 0.0775. The molecule has 5 atom stereocenters. The molecule has 34 heavy (non-hydrogen) atoms. The molecule has 1 saturated heterocycles. The first-order valence-electron chi connectivity index (χ1n) is 10.8. The summed E-state index contributed by atoms with van der Waals surface area (Å²) in [6.07, 6.45) is -2.77.